The highest BCUT2D eigenvalue weighted by Crippen LogP contribution is 2.32. The first-order valence-corrected chi connectivity index (χ1v) is 10.5. The molecule has 0 bridgehead atoms. The van der Waals surface area contributed by atoms with Gasteiger partial charge in [-0.25, -0.2) is 0 Å². The summed E-state index contributed by atoms with van der Waals surface area (Å²) >= 11 is 0. The summed E-state index contributed by atoms with van der Waals surface area (Å²) in [5.74, 6) is 1.06. The first-order chi connectivity index (χ1) is 15.4. The summed E-state index contributed by atoms with van der Waals surface area (Å²) in [5, 5.41) is 13.7. The zero-order valence-corrected chi connectivity index (χ0v) is 18.4. The lowest BCUT2D eigenvalue weighted by Gasteiger charge is -2.29. The van der Waals surface area contributed by atoms with Crippen LogP contribution in [0.4, 0.5) is 0 Å². The number of fused-ring (bicyclic) bond motifs is 1. The Balaban J connectivity index is 1.61. The first-order valence-electron chi connectivity index (χ1n) is 10.5. The van der Waals surface area contributed by atoms with Crippen molar-refractivity contribution in [1.82, 2.24) is 15.0 Å². The minimum absolute atomic E-state index is 0.0298. The summed E-state index contributed by atoms with van der Waals surface area (Å²) in [6, 6.07) is 11.4. The quantitative estimate of drug-likeness (QED) is 0.636. The molecule has 0 saturated carbocycles. The van der Waals surface area contributed by atoms with Gasteiger partial charge >= 0.3 is 0 Å². The van der Waals surface area contributed by atoms with Crippen molar-refractivity contribution in [2.24, 2.45) is 5.73 Å². The van der Waals surface area contributed by atoms with Gasteiger partial charge in [-0.15, -0.1) is 0 Å². The minimum atomic E-state index is -0.315. The van der Waals surface area contributed by atoms with Crippen molar-refractivity contribution in [3.05, 3.63) is 52.6 Å². The molecular weight excluding hydrogens is 406 g/mol. The van der Waals surface area contributed by atoms with Gasteiger partial charge in [-0.1, -0.05) is 17.3 Å². The number of aromatic nitrogens is 2. The van der Waals surface area contributed by atoms with Crippen LogP contribution < -0.4 is 10.5 Å². The molecule has 1 aliphatic heterocycles. The highest BCUT2D eigenvalue weighted by atomic mass is 16.5. The highest BCUT2D eigenvalue weighted by molar-refractivity contribution is 5.76. The normalized spacial score (nSPS) is 13.6. The van der Waals surface area contributed by atoms with Crippen LogP contribution in [-0.2, 0) is 17.8 Å². The molecule has 8 heteroatoms. The largest absolute Gasteiger partial charge is 0.490 e. The van der Waals surface area contributed by atoms with E-state index >= 15 is 0 Å². The minimum Gasteiger partial charge on any atom is -0.490 e. The summed E-state index contributed by atoms with van der Waals surface area (Å²) < 4.78 is 11.2. The zero-order chi connectivity index (χ0) is 22.8. The SMILES string of the molecule is Cc1c(-c2noc(-c3ccc(OC(C)C)c(C#N)c3)n2)ccc2c1CCN(CC(N)=O)C2. The number of hydrogen-bond donors (Lipinski definition) is 1. The van der Waals surface area contributed by atoms with Gasteiger partial charge < -0.3 is 15.0 Å². The smallest absolute Gasteiger partial charge is 0.258 e. The molecule has 164 valence electrons. The number of benzene rings is 2. The molecule has 0 fully saturated rings. The monoisotopic (exact) mass is 431 g/mol. The van der Waals surface area contributed by atoms with Gasteiger partial charge in [0.05, 0.1) is 18.2 Å². The fourth-order valence-corrected chi connectivity index (χ4v) is 4.05. The Morgan fingerprint density at radius 2 is 2.16 bits per heavy atom. The molecule has 0 unspecified atom stereocenters. The Labute approximate surface area is 186 Å². The molecule has 2 N–H and O–H groups in total. The lowest BCUT2D eigenvalue weighted by atomic mass is 9.91. The van der Waals surface area contributed by atoms with Gasteiger partial charge in [0.2, 0.25) is 11.7 Å². The van der Waals surface area contributed by atoms with Crippen LogP contribution in [0.3, 0.4) is 0 Å². The second-order valence-corrected chi connectivity index (χ2v) is 8.22. The molecule has 2 heterocycles. The fourth-order valence-electron chi connectivity index (χ4n) is 4.05. The Kier molecular flexibility index (Phi) is 5.93. The number of nitrogens with two attached hydrogens (primary N) is 1. The van der Waals surface area contributed by atoms with Gasteiger partial charge in [0, 0.05) is 24.2 Å². The maximum atomic E-state index is 11.2. The van der Waals surface area contributed by atoms with Crippen LogP contribution >= 0.6 is 0 Å². The van der Waals surface area contributed by atoms with Crippen LogP contribution in [0.15, 0.2) is 34.9 Å². The number of rotatable bonds is 6. The predicted octanol–water partition coefficient (Wildman–Crippen LogP) is 3.21. The van der Waals surface area contributed by atoms with Crippen LogP contribution in [0.25, 0.3) is 22.8 Å². The Morgan fingerprint density at radius 3 is 2.88 bits per heavy atom. The van der Waals surface area contributed by atoms with Crippen molar-refractivity contribution in [3.8, 4) is 34.7 Å². The van der Waals surface area contributed by atoms with Crippen molar-refractivity contribution in [3.63, 3.8) is 0 Å². The number of ether oxygens (including phenoxy) is 1. The fraction of sp³-hybridized carbons (Fsp3) is 0.333. The maximum Gasteiger partial charge on any atom is 0.258 e. The average molecular weight is 431 g/mol. The van der Waals surface area contributed by atoms with E-state index in [0.717, 1.165) is 24.1 Å². The van der Waals surface area contributed by atoms with Crippen LogP contribution in [0.2, 0.25) is 0 Å². The number of primary amides is 1. The van der Waals surface area contributed by atoms with Crippen LogP contribution in [0.5, 0.6) is 5.75 Å². The third-order valence-electron chi connectivity index (χ3n) is 5.52. The van der Waals surface area contributed by atoms with Crippen LogP contribution in [0, 0.1) is 18.3 Å². The highest BCUT2D eigenvalue weighted by Gasteiger charge is 2.22. The van der Waals surface area contributed by atoms with Crippen molar-refractivity contribution >= 4 is 5.91 Å². The molecule has 3 aromatic rings. The Bertz CT molecular complexity index is 1210. The van der Waals surface area contributed by atoms with Gasteiger partial charge in [0.1, 0.15) is 11.8 Å². The van der Waals surface area contributed by atoms with Crippen molar-refractivity contribution in [2.45, 2.75) is 39.8 Å². The van der Waals surface area contributed by atoms with E-state index in [4.69, 9.17) is 15.0 Å². The molecule has 0 aliphatic carbocycles. The molecule has 1 aromatic heterocycles. The van der Waals surface area contributed by atoms with E-state index in [1.165, 1.54) is 11.1 Å². The molecule has 1 amide bonds. The second kappa shape index (κ2) is 8.81. The van der Waals surface area contributed by atoms with Crippen LogP contribution in [-0.4, -0.2) is 40.1 Å². The molecular formula is C24H25N5O3. The number of hydrogen-bond acceptors (Lipinski definition) is 7. The van der Waals surface area contributed by atoms with E-state index in [1.54, 1.807) is 12.1 Å². The molecule has 2 aromatic carbocycles. The van der Waals surface area contributed by atoms with Crippen LogP contribution in [0.1, 0.15) is 36.1 Å². The molecule has 0 spiro atoms. The predicted molar refractivity (Wildman–Crippen MR) is 119 cm³/mol. The van der Waals surface area contributed by atoms with Gasteiger partial charge in [-0.2, -0.15) is 10.2 Å². The summed E-state index contributed by atoms with van der Waals surface area (Å²) in [6.45, 7) is 7.61. The number of nitriles is 1. The van der Waals surface area contributed by atoms with Crippen molar-refractivity contribution in [2.75, 3.05) is 13.1 Å². The molecule has 0 atom stereocenters. The topological polar surface area (TPSA) is 118 Å². The zero-order valence-electron chi connectivity index (χ0n) is 18.4. The maximum absolute atomic E-state index is 11.2. The number of carbonyl (C=O) groups is 1. The summed E-state index contributed by atoms with van der Waals surface area (Å²) in [6.07, 6.45) is 0.799. The van der Waals surface area contributed by atoms with Gasteiger partial charge in [-0.05, 0) is 62.1 Å². The van der Waals surface area contributed by atoms with Gasteiger partial charge in [-0.3, -0.25) is 9.69 Å². The Hall–Kier alpha value is -3.70. The van der Waals surface area contributed by atoms with E-state index in [-0.39, 0.29) is 18.6 Å². The summed E-state index contributed by atoms with van der Waals surface area (Å²) in [5.41, 5.74) is 10.9. The van der Waals surface area contributed by atoms with E-state index in [9.17, 15) is 10.1 Å². The second-order valence-electron chi connectivity index (χ2n) is 8.22. The lowest BCUT2D eigenvalue weighted by Crippen LogP contribution is -2.37. The molecule has 0 radical (unpaired) electrons. The number of amides is 1. The molecule has 8 nitrogen and oxygen atoms in total. The molecule has 0 saturated heterocycles. The molecule has 4 rings (SSSR count). The first kappa shape index (κ1) is 21.5. The van der Waals surface area contributed by atoms with Gasteiger partial charge in [0.15, 0.2) is 0 Å². The summed E-state index contributed by atoms with van der Waals surface area (Å²) in [4.78, 5) is 17.9. The standard InChI is InChI=1S/C24H25N5O3/c1-14(2)31-21-7-5-16(10-18(21)11-25)24-27-23(28-32-24)20-6-4-17-12-29(13-22(26)30)9-8-19(17)15(20)3/h4-7,10,14H,8-9,12-13H2,1-3H3,(H2,26,30). The Morgan fingerprint density at radius 1 is 1.34 bits per heavy atom. The third-order valence-corrected chi connectivity index (χ3v) is 5.52. The lowest BCUT2D eigenvalue weighted by molar-refractivity contribution is -0.119. The number of carbonyl (C=O) groups excluding carboxylic acids is 1. The number of nitrogens with zero attached hydrogens (tertiary/aromatic N) is 4. The average Bonchev–Trinajstić information content (AvgIpc) is 3.23. The molecule has 32 heavy (non-hydrogen) atoms. The third kappa shape index (κ3) is 4.34. The van der Waals surface area contributed by atoms with Crippen molar-refractivity contribution in [1.29, 1.82) is 5.26 Å². The van der Waals surface area contributed by atoms with E-state index in [1.807, 2.05) is 32.0 Å². The van der Waals surface area contributed by atoms with E-state index in [0.29, 0.717) is 35.1 Å². The molecule has 1 aliphatic rings. The van der Waals surface area contributed by atoms with E-state index < -0.39 is 0 Å². The summed E-state index contributed by atoms with van der Waals surface area (Å²) in [7, 11) is 0. The van der Waals surface area contributed by atoms with Crippen molar-refractivity contribution < 1.29 is 14.1 Å². The van der Waals surface area contributed by atoms with Gasteiger partial charge in [0.25, 0.3) is 5.89 Å². The van der Waals surface area contributed by atoms with E-state index in [2.05, 4.69) is 28.0 Å².